The second kappa shape index (κ2) is 9.33. The van der Waals surface area contributed by atoms with Crippen molar-refractivity contribution in [1.82, 2.24) is 14.6 Å². The number of halogens is 1. The van der Waals surface area contributed by atoms with E-state index in [1.54, 1.807) is 24.5 Å². The Labute approximate surface area is 168 Å². The Morgan fingerprint density at radius 1 is 1.21 bits per heavy atom. The second-order valence-corrected chi connectivity index (χ2v) is 8.37. The standard InChI is InChI=1S/C18H20ClN3O5S/c19-16-11-15(28(24,25)22-7-9-26-10-8-22)1-2-17(16)27-13-18(23)21-12-14-3-5-20-6-4-14/h1-6,11H,7-10,12-13H2,(H,21,23). The molecule has 1 fully saturated rings. The Morgan fingerprint density at radius 3 is 2.61 bits per heavy atom. The largest absolute Gasteiger partial charge is 0.482 e. The molecule has 0 spiro atoms. The van der Waals surface area contributed by atoms with Crippen LogP contribution in [0.25, 0.3) is 0 Å². The van der Waals surface area contributed by atoms with Crippen LogP contribution in [0.2, 0.25) is 5.02 Å². The maximum absolute atomic E-state index is 12.6. The number of aromatic nitrogens is 1. The number of pyridine rings is 1. The maximum Gasteiger partial charge on any atom is 0.258 e. The number of hydrogen-bond acceptors (Lipinski definition) is 6. The van der Waals surface area contributed by atoms with Crippen molar-refractivity contribution in [1.29, 1.82) is 0 Å². The summed E-state index contributed by atoms with van der Waals surface area (Å²) < 4.78 is 37.2. The number of carbonyl (C=O) groups is 1. The van der Waals surface area contributed by atoms with Gasteiger partial charge >= 0.3 is 0 Å². The fraction of sp³-hybridized carbons (Fsp3) is 0.333. The molecule has 1 aliphatic heterocycles. The van der Waals surface area contributed by atoms with E-state index in [9.17, 15) is 13.2 Å². The average molecular weight is 426 g/mol. The van der Waals surface area contributed by atoms with Gasteiger partial charge in [0.1, 0.15) is 5.75 Å². The average Bonchev–Trinajstić information content (AvgIpc) is 2.72. The molecule has 1 aromatic heterocycles. The molecule has 2 aromatic rings. The summed E-state index contributed by atoms with van der Waals surface area (Å²) in [6, 6.07) is 7.79. The minimum atomic E-state index is -3.64. The smallest absolute Gasteiger partial charge is 0.258 e. The number of benzene rings is 1. The zero-order valence-electron chi connectivity index (χ0n) is 15.0. The van der Waals surface area contributed by atoms with Crippen LogP contribution in [0.1, 0.15) is 5.56 Å². The van der Waals surface area contributed by atoms with E-state index in [2.05, 4.69) is 10.3 Å². The molecule has 0 bridgehead atoms. The van der Waals surface area contributed by atoms with Crippen molar-refractivity contribution >= 4 is 27.5 Å². The third-order valence-electron chi connectivity index (χ3n) is 4.11. The van der Waals surface area contributed by atoms with Gasteiger partial charge in [-0.15, -0.1) is 0 Å². The van der Waals surface area contributed by atoms with Gasteiger partial charge in [-0.05, 0) is 35.9 Å². The monoisotopic (exact) mass is 425 g/mol. The highest BCUT2D eigenvalue weighted by molar-refractivity contribution is 7.89. The highest BCUT2D eigenvalue weighted by atomic mass is 35.5. The zero-order valence-corrected chi connectivity index (χ0v) is 16.6. The summed E-state index contributed by atoms with van der Waals surface area (Å²) in [5, 5.41) is 2.84. The first-order valence-corrected chi connectivity index (χ1v) is 10.4. The molecule has 0 radical (unpaired) electrons. The molecule has 28 heavy (non-hydrogen) atoms. The molecule has 10 heteroatoms. The van der Waals surface area contributed by atoms with Crippen molar-refractivity contribution < 1.29 is 22.7 Å². The minimum absolute atomic E-state index is 0.0777. The van der Waals surface area contributed by atoms with Crippen LogP contribution in [0.4, 0.5) is 0 Å². The van der Waals surface area contributed by atoms with Crippen LogP contribution in [0.15, 0.2) is 47.6 Å². The molecule has 0 aliphatic carbocycles. The molecule has 8 nitrogen and oxygen atoms in total. The number of morpholine rings is 1. The summed E-state index contributed by atoms with van der Waals surface area (Å²) >= 11 is 6.16. The number of sulfonamides is 1. The van der Waals surface area contributed by atoms with Gasteiger partial charge in [-0.25, -0.2) is 8.42 Å². The molecule has 1 saturated heterocycles. The molecule has 150 valence electrons. The second-order valence-electron chi connectivity index (χ2n) is 6.03. The van der Waals surface area contributed by atoms with Gasteiger partial charge in [0.15, 0.2) is 6.61 Å². The van der Waals surface area contributed by atoms with Crippen molar-refractivity contribution in [3.63, 3.8) is 0 Å². The predicted molar refractivity (Wildman–Crippen MR) is 103 cm³/mol. The number of nitrogens with one attached hydrogen (secondary N) is 1. The summed E-state index contributed by atoms with van der Waals surface area (Å²) in [5.74, 6) is -0.0838. The van der Waals surface area contributed by atoms with E-state index in [0.29, 0.717) is 32.8 Å². The van der Waals surface area contributed by atoms with Crippen molar-refractivity contribution in [3.8, 4) is 5.75 Å². The van der Waals surface area contributed by atoms with E-state index >= 15 is 0 Å². The number of ether oxygens (including phenoxy) is 2. The molecule has 0 unspecified atom stereocenters. The lowest BCUT2D eigenvalue weighted by molar-refractivity contribution is -0.123. The van der Waals surface area contributed by atoms with Crippen LogP contribution >= 0.6 is 11.6 Å². The van der Waals surface area contributed by atoms with E-state index < -0.39 is 10.0 Å². The van der Waals surface area contributed by atoms with Gasteiger partial charge in [-0.3, -0.25) is 9.78 Å². The van der Waals surface area contributed by atoms with Crippen LogP contribution in [-0.4, -0.2) is 56.5 Å². The van der Waals surface area contributed by atoms with E-state index in [1.807, 2.05) is 0 Å². The Balaban J connectivity index is 1.57. The highest BCUT2D eigenvalue weighted by Crippen LogP contribution is 2.29. The van der Waals surface area contributed by atoms with Crippen LogP contribution in [0, 0.1) is 0 Å². The lowest BCUT2D eigenvalue weighted by Crippen LogP contribution is -2.40. The van der Waals surface area contributed by atoms with Gasteiger partial charge in [0, 0.05) is 32.0 Å². The lowest BCUT2D eigenvalue weighted by atomic mass is 10.3. The molecular formula is C18H20ClN3O5S. The summed E-state index contributed by atoms with van der Waals surface area (Å²) in [7, 11) is -3.64. The number of nitrogens with zero attached hydrogens (tertiary/aromatic N) is 2. The molecule has 2 heterocycles. The van der Waals surface area contributed by atoms with Gasteiger partial charge in [0.25, 0.3) is 5.91 Å². The molecule has 1 amide bonds. The Hall–Kier alpha value is -2.20. The first-order valence-electron chi connectivity index (χ1n) is 8.62. The number of hydrogen-bond donors (Lipinski definition) is 1. The van der Waals surface area contributed by atoms with E-state index in [-0.39, 0.29) is 28.2 Å². The van der Waals surface area contributed by atoms with Crippen molar-refractivity contribution in [2.75, 3.05) is 32.9 Å². The lowest BCUT2D eigenvalue weighted by Gasteiger charge is -2.26. The highest BCUT2D eigenvalue weighted by Gasteiger charge is 2.27. The Kier molecular flexibility index (Phi) is 6.84. The fourth-order valence-corrected chi connectivity index (χ4v) is 4.33. The SMILES string of the molecule is O=C(COc1ccc(S(=O)(=O)N2CCOCC2)cc1Cl)NCc1ccncc1. The van der Waals surface area contributed by atoms with Gasteiger partial charge in [-0.1, -0.05) is 11.6 Å². The molecule has 3 rings (SSSR count). The predicted octanol–water partition coefficient (Wildman–Crippen LogP) is 1.45. The first-order chi connectivity index (χ1) is 13.5. The van der Waals surface area contributed by atoms with E-state index in [1.165, 1.54) is 22.5 Å². The van der Waals surface area contributed by atoms with Crippen LogP contribution < -0.4 is 10.1 Å². The Bertz CT molecular complexity index is 918. The molecule has 0 atom stereocenters. The van der Waals surface area contributed by atoms with Gasteiger partial charge in [0.2, 0.25) is 10.0 Å². The van der Waals surface area contributed by atoms with Crippen molar-refractivity contribution in [2.24, 2.45) is 0 Å². The molecule has 1 aliphatic rings. The molecule has 0 saturated carbocycles. The molecule has 1 aromatic carbocycles. The van der Waals surface area contributed by atoms with Crippen molar-refractivity contribution in [2.45, 2.75) is 11.4 Å². The van der Waals surface area contributed by atoms with Gasteiger partial charge in [0.05, 0.1) is 23.1 Å². The van der Waals surface area contributed by atoms with Crippen LogP contribution in [0.5, 0.6) is 5.75 Å². The summed E-state index contributed by atoms with van der Waals surface area (Å²) in [6.07, 6.45) is 3.29. The van der Waals surface area contributed by atoms with Gasteiger partial charge < -0.3 is 14.8 Å². The summed E-state index contributed by atoms with van der Waals surface area (Å²) in [4.78, 5) is 15.9. The number of amides is 1. The third kappa shape index (κ3) is 5.20. The number of rotatable bonds is 7. The quantitative estimate of drug-likeness (QED) is 0.721. The van der Waals surface area contributed by atoms with Crippen LogP contribution in [-0.2, 0) is 26.1 Å². The normalized spacial score (nSPS) is 15.2. The summed E-state index contributed by atoms with van der Waals surface area (Å²) in [6.45, 7) is 1.45. The van der Waals surface area contributed by atoms with Gasteiger partial charge in [-0.2, -0.15) is 4.31 Å². The summed E-state index contributed by atoms with van der Waals surface area (Å²) in [5.41, 5.74) is 0.916. The van der Waals surface area contributed by atoms with Crippen LogP contribution in [0.3, 0.4) is 0 Å². The zero-order chi connectivity index (χ0) is 20.0. The van der Waals surface area contributed by atoms with E-state index in [4.69, 9.17) is 21.1 Å². The van der Waals surface area contributed by atoms with Crippen molar-refractivity contribution in [3.05, 3.63) is 53.3 Å². The molecule has 1 N–H and O–H groups in total. The maximum atomic E-state index is 12.6. The Morgan fingerprint density at radius 2 is 1.93 bits per heavy atom. The topological polar surface area (TPSA) is 97.8 Å². The first kappa shape index (κ1) is 20.5. The number of carbonyl (C=O) groups excluding carboxylic acids is 1. The minimum Gasteiger partial charge on any atom is -0.482 e. The van der Waals surface area contributed by atoms with E-state index in [0.717, 1.165) is 5.56 Å². The third-order valence-corrected chi connectivity index (χ3v) is 6.30. The molecular weight excluding hydrogens is 406 g/mol. The fourth-order valence-electron chi connectivity index (χ4n) is 2.59.